The summed E-state index contributed by atoms with van der Waals surface area (Å²) in [6.07, 6.45) is 0.562. The van der Waals surface area contributed by atoms with E-state index in [1.54, 1.807) is 0 Å². The molecule has 0 aliphatic rings. The average molecular weight is 172 g/mol. The van der Waals surface area contributed by atoms with Crippen LogP contribution in [0.4, 0.5) is 0 Å². The minimum Gasteiger partial charge on any atom is -0.370 e. The van der Waals surface area contributed by atoms with Crippen LogP contribution < -0.4 is 22.9 Å². The van der Waals surface area contributed by atoms with Gasteiger partial charge in [0.2, 0.25) is 0 Å². The van der Waals surface area contributed by atoms with E-state index >= 15 is 0 Å². The van der Waals surface area contributed by atoms with E-state index in [0.717, 1.165) is 0 Å². The van der Waals surface area contributed by atoms with E-state index < -0.39 is 6.04 Å². The van der Waals surface area contributed by atoms with E-state index in [2.05, 4.69) is 9.98 Å². The average Bonchev–Trinajstić information content (AvgIpc) is 1.97. The maximum Gasteiger partial charge on any atom is 0.186 e. The second-order valence-electron chi connectivity index (χ2n) is 2.02. The zero-order valence-electron chi connectivity index (χ0n) is 6.47. The predicted octanol–water partition coefficient (Wildman–Crippen LogP) is -2.90. The minimum atomic E-state index is -0.711. The van der Waals surface area contributed by atoms with Gasteiger partial charge in [0.25, 0.3) is 0 Å². The highest BCUT2D eigenvalue weighted by molar-refractivity contribution is 5.79. The summed E-state index contributed by atoms with van der Waals surface area (Å²) in [5, 5.41) is 0. The first kappa shape index (κ1) is 10.2. The van der Waals surface area contributed by atoms with Crippen LogP contribution in [0.15, 0.2) is 9.98 Å². The van der Waals surface area contributed by atoms with Crippen molar-refractivity contribution in [3.8, 4) is 0 Å². The third-order valence-corrected chi connectivity index (χ3v) is 0.933. The fourth-order valence-corrected chi connectivity index (χ4v) is 0.505. The van der Waals surface area contributed by atoms with Crippen LogP contribution in [0.3, 0.4) is 0 Å². The van der Waals surface area contributed by atoms with Crippen molar-refractivity contribution in [2.75, 3.05) is 6.54 Å². The summed E-state index contributed by atoms with van der Waals surface area (Å²) in [6, 6.07) is -0.711. The molecule has 0 fully saturated rings. The van der Waals surface area contributed by atoms with E-state index in [1.807, 2.05) is 0 Å². The van der Waals surface area contributed by atoms with Crippen molar-refractivity contribution >= 4 is 18.2 Å². The molecule has 0 heterocycles. The molecule has 0 aliphatic heterocycles. The molecule has 68 valence electrons. The van der Waals surface area contributed by atoms with Gasteiger partial charge in [-0.05, 0) is 0 Å². The van der Waals surface area contributed by atoms with Gasteiger partial charge in [-0.15, -0.1) is 0 Å². The molecule has 12 heavy (non-hydrogen) atoms. The van der Waals surface area contributed by atoms with Crippen LogP contribution >= 0.6 is 0 Å². The van der Waals surface area contributed by atoms with Crippen LogP contribution in [-0.4, -0.2) is 30.8 Å². The molecule has 8 N–H and O–H groups in total. The summed E-state index contributed by atoms with van der Waals surface area (Å²) in [5.74, 6) is -0.273. The van der Waals surface area contributed by atoms with Gasteiger partial charge in [0.1, 0.15) is 12.3 Å². The molecule has 7 heteroatoms. The molecule has 0 saturated heterocycles. The Morgan fingerprint density at radius 2 is 1.83 bits per heavy atom. The first-order valence-electron chi connectivity index (χ1n) is 3.15. The highest BCUT2D eigenvalue weighted by atomic mass is 16.1. The van der Waals surface area contributed by atoms with Crippen molar-refractivity contribution < 1.29 is 4.79 Å². The lowest BCUT2D eigenvalue weighted by atomic mass is 10.3. The van der Waals surface area contributed by atoms with E-state index in [0.29, 0.717) is 6.29 Å². The number of hydrogen-bond donors (Lipinski definition) is 4. The maximum absolute atomic E-state index is 10.3. The van der Waals surface area contributed by atoms with E-state index in [9.17, 15) is 4.79 Å². The third kappa shape index (κ3) is 5.03. The monoisotopic (exact) mass is 172 g/mol. The topological polar surface area (TPSA) is 146 Å². The van der Waals surface area contributed by atoms with Crippen LogP contribution in [0, 0.1) is 0 Å². The molecule has 0 radical (unpaired) electrons. The number of nitrogens with zero attached hydrogens (tertiary/aromatic N) is 2. The zero-order valence-corrected chi connectivity index (χ0v) is 6.47. The van der Waals surface area contributed by atoms with Crippen molar-refractivity contribution in [3.05, 3.63) is 0 Å². The van der Waals surface area contributed by atoms with Crippen molar-refractivity contribution in [1.82, 2.24) is 0 Å². The molecule has 0 aromatic carbocycles. The number of carbonyl (C=O) groups is 1. The van der Waals surface area contributed by atoms with Gasteiger partial charge < -0.3 is 27.7 Å². The van der Waals surface area contributed by atoms with E-state index in [1.165, 1.54) is 0 Å². The maximum atomic E-state index is 10.3. The third-order valence-electron chi connectivity index (χ3n) is 0.933. The Bertz CT molecular complexity index is 202. The number of rotatable bonds is 4. The number of aliphatic imine (C=N–C) groups is 2. The molecule has 0 amide bonds. The Morgan fingerprint density at radius 1 is 1.25 bits per heavy atom. The van der Waals surface area contributed by atoms with Gasteiger partial charge >= 0.3 is 0 Å². The van der Waals surface area contributed by atoms with E-state index in [4.69, 9.17) is 22.9 Å². The fourth-order valence-electron chi connectivity index (χ4n) is 0.505. The SMILES string of the molecule is NC(N)=NCC(C=O)N=C(N)N. The zero-order chi connectivity index (χ0) is 9.56. The molecular weight excluding hydrogens is 160 g/mol. The Morgan fingerprint density at radius 3 is 2.17 bits per heavy atom. The fraction of sp³-hybridized carbons (Fsp3) is 0.400. The van der Waals surface area contributed by atoms with Gasteiger partial charge in [-0.3, -0.25) is 4.99 Å². The highest BCUT2D eigenvalue weighted by Gasteiger charge is 2.03. The number of guanidine groups is 2. The molecule has 0 aliphatic carbocycles. The number of hydrogen-bond acceptors (Lipinski definition) is 3. The van der Waals surface area contributed by atoms with Gasteiger partial charge in [-0.2, -0.15) is 0 Å². The molecular formula is C5H12N6O. The molecule has 0 rings (SSSR count). The van der Waals surface area contributed by atoms with Crippen molar-refractivity contribution in [3.63, 3.8) is 0 Å². The first-order valence-corrected chi connectivity index (χ1v) is 3.15. The number of aldehydes is 1. The van der Waals surface area contributed by atoms with Crippen molar-refractivity contribution in [2.45, 2.75) is 6.04 Å². The Labute approximate surface area is 69.5 Å². The predicted molar refractivity (Wildman–Crippen MR) is 46.3 cm³/mol. The van der Waals surface area contributed by atoms with Crippen molar-refractivity contribution in [1.29, 1.82) is 0 Å². The van der Waals surface area contributed by atoms with E-state index in [-0.39, 0.29) is 18.5 Å². The quantitative estimate of drug-likeness (QED) is 0.204. The normalized spacial score (nSPS) is 11.3. The second kappa shape index (κ2) is 4.94. The molecule has 7 nitrogen and oxygen atoms in total. The summed E-state index contributed by atoms with van der Waals surface area (Å²) < 4.78 is 0. The van der Waals surface area contributed by atoms with Crippen molar-refractivity contribution in [2.24, 2.45) is 32.9 Å². The summed E-state index contributed by atoms with van der Waals surface area (Å²) in [6.45, 7) is 0.0593. The van der Waals surface area contributed by atoms with Crippen LogP contribution in [0.1, 0.15) is 0 Å². The smallest absolute Gasteiger partial charge is 0.186 e. The summed E-state index contributed by atoms with van der Waals surface area (Å²) >= 11 is 0. The molecule has 0 spiro atoms. The van der Waals surface area contributed by atoms with Crippen LogP contribution in [0.2, 0.25) is 0 Å². The summed E-state index contributed by atoms with van der Waals surface area (Å²) in [5.41, 5.74) is 20.1. The lowest BCUT2D eigenvalue weighted by Gasteiger charge is -2.00. The van der Waals surface area contributed by atoms with Crippen LogP contribution in [-0.2, 0) is 4.79 Å². The largest absolute Gasteiger partial charge is 0.370 e. The van der Waals surface area contributed by atoms with Gasteiger partial charge in [0.15, 0.2) is 11.9 Å². The van der Waals surface area contributed by atoms with Gasteiger partial charge in [-0.1, -0.05) is 0 Å². The molecule has 0 bridgehead atoms. The number of carbonyl (C=O) groups excluding carboxylic acids is 1. The minimum absolute atomic E-state index is 0.0593. The lowest BCUT2D eigenvalue weighted by molar-refractivity contribution is -0.108. The Kier molecular flexibility index (Phi) is 4.20. The van der Waals surface area contributed by atoms with Crippen LogP contribution in [0.25, 0.3) is 0 Å². The number of nitrogens with two attached hydrogens (primary N) is 4. The molecule has 0 aromatic heterocycles. The Balaban J connectivity index is 4.10. The van der Waals surface area contributed by atoms with Gasteiger partial charge in [-0.25, -0.2) is 4.99 Å². The van der Waals surface area contributed by atoms with Crippen LogP contribution in [0.5, 0.6) is 0 Å². The molecule has 1 unspecified atom stereocenters. The Hall–Kier alpha value is -1.79. The molecule has 0 saturated carbocycles. The van der Waals surface area contributed by atoms with Gasteiger partial charge in [0.05, 0.1) is 6.54 Å². The molecule has 1 atom stereocenters. The van der Waals surface area contributed by atoms with Gasteiger partial charge in [0, 0.05) is 0 Å². The first-order chi connectivity index (χ1) is 5.56. The standard InChI is InChI=1S/C5H12N6O/c6-4(7)10-1-3(2-12)11-5(8)9/h2-3H,1H2,(H4,6,7,10)(H4,8,9,11). The summed E-state index contributed by atoms with van der Waals surface area (Å²) in [4.78, 5) is 17.4. The highest BCUT2D eigenvalue weighted by Crippen LogP contribution is 1.86. The summed E-state index contributed by atoms with van der Waals surface area (Å²) in [7, 11) is 0. The molecule has 0 aromatic rings. The second-order valence-corrected chi connectivity index (χ2v) is 2.02. The lowest BCUT2D eigenvalue weighted by Crippen LogP contribution is -2.29.